The minimum atomic E-state index is 0. The summed E-state index contributed by atoms with van der Waals surface area (Å²) in [6.07, 6.45) is 5.10. The van der Waals surface area contributed by atoms with Gasteiger partial charge in [0, 0.05) is 19.2 Å². The van der Waals surface area contributed by atoms with Crippen LogP contribution in [0.3, 0.4) is 0 Å². The molecule has 0 saturated carbocycles. The van der Waals surface area contributed by atoms with Crippen LogP contribution in [0.15, 0.2) is 0 Å². The molecular weight excluding hydrogens is 228 g/mol. The number of hydrogen-bond acceptors (Lipinski definition) is 3. The topological polar surface area (TPSA) is 50.4 Å². The number of ether oxygens (including phenoxy) is 1. The average Bonchev–Trinajstić information content (AvgIpc) is 2.71. The normalized spacial score (nSPS) is 29.5. The van der Waals surface area contributed by atoms with Crippen LogP contribution in [0.4, 0.5) is 0 Å². The number of rotatable bonds is 3. The molecule has 2 N–H and O–H groups in total. The largest absolute Gasteiger partial charge is 0.378 e. The molecule has 0 spiro atoms. The van der Waals surface area contributed by atoms with Gasteiger partial charge >= 0.3 is 0 Å². The first kappa shape index (κ1) is 13.7. The van der Waals surface area contributed by atoms with E-state index in [9.17, 15) is 4.79 Å². The van der Waals surface area contributed by atoms with Gasteiger partial charge in [-0.1, -0.05) is 0 Å². The molecule has 1 unspecified atom stereocenters. The fourth-order valence-corrected chi connectivity index (χ4v) is 2.27. The number of carbonyl (C=O) groups excluding carboxylic acids is 1. The highest BCUT2D eigenvalue weighted by Gasteiger charge is 2.21. The van der Waals surface area contributed by atoms with Crippen molar-refractivity contribution < 1.29 is 9.53 Å². The third-order valence-corrected chi connectivity index (χ3v) is 3.10. The zero-order valence-corrected chi connectivity index (χ0v) is 10.4. The Bertz CT molecular complexity index is 214. The molecule has 0 aromatic rings. The molecule has 2 fully saturated rings. The quantitative estimate of drug-likeness (QED) is 0.779. The highest BCUT2D eigenvalue weighted by molar-refractivity contribution is 5.85. The van der Waals surface area contributed by atoms with Crippen LogP contribution in [0.5, 0.6) is 0 Å². The monoisotopic (exact) mass is 248 g/mol. The lowest BCUT2D eigenvalue weighted by molar-refractivity contribution is -0.124. The molecule has 0 bridgehead atoms. The number of halogens is 1. The van der Waals surface area contributed by atoms with Crippen LogP contribution in [0.1, 0.15) is 32.1 Å². The molecule has 2 heterocycles. The standard InChI is InChI=1S/C11H20N2O2.ClH/c14-11(7-10-4-2-6-15-10)13-9-3-1-5-12-8-9;/h9-10,12H,1-8H2,(H,13,14);1H/t9-,10?;/m0./s1. The minimum Gasteiger partial charge on any atom is -0.378 e. The van der Waals surface area contributed by atoms with E-state index in [4.69, 9.17) is 4.74 Å². The Morgan fingerprint density at radius 2 is 2.25 bits per heavy atom. The smallest absolute Gasteiger partial charge is 0.222 e. The van der Waals surface area contributed by atoms with Crippen molar-refractivity contribution >= 4 is 18.3 Å². The first-order valence-electron chi connectivity index (χ1n) is 5.96. The van der Waals surface area contributed by atoms with Gasteiger partial charge in [0.15, 0.2) is 0 Å². The van der Waals surface area contributed by atoms with Gasteiger partial charge in [-0.2, -0.15) is 0 Å². The fraction of sp³-hybridized carbons (Fsp3) is 0.909. The van der Waals surface area contributed by atoms with Gasteiger partial charge in [-0.05, 0) is 32.2 Å². The zero-order valence-electron chi connectivity index (χ0n) is 9.54. The van der Waals surface area contributed by atoms with Crippen molar-refractivity contribution in [2.24, 2.45) is 0 Å². The van der Waals surface area contributed by atoms with Crippen molar-refractivity contribution in [2.75, 3.05) is 19.7 Å². The lowest BCUT2D eigenvalue weighted by atomic mass is 10.1. The molecule has 16 heavy (non-hydrogen) atoms. The Balaban J connectivity index is 0.00000128. The summed E-state index contributed by atoms with van der Waals surface area (Å²) < 4.78 is 5.44. The van der Waals surface area contributed by atoms with E-state index in [-0.39, 0.29) is 24.4 Å². The van der Waals surface area contributed by atoms with E-state index < -0.39 is 0 Å². The highest BCUT2D eigenvalue weighted by atomic mass is 35.5. The van der Waals surface area contributed by atoms with Crippen molar-refractivity contribution in [2.45, 2.75) is 44.2 Å². The van der Waals surface area contributed by atoms with Crippen LogP contribution in [-0.4, -0.2) is 37.7 Å². The Morgan fingerprint density at radius 3 is 2.88 bits per heavy atom. The maximum absolute atomic E-state index is 11.6. The number of amides is 1. The van der Waals surface area contributed by atoms with Gasteiger partial charge in [0.1, 0.15) is 0 Å². The number of carbonyl (C=O) groups is 1. The summed E-state index contributed by atoms with van der Waals surface area (Å²) in [6.45, 7) is 2.82. The van der Waals surface area contributed by atoms with Crippen LogP contribution >= 0.6 is 12.4 Å². The highest BCUT2D eigenvalue weighted by Crippen LogP contribution is 2.15. The molecule has 2 atom stereocenters. The molecule has 2 saturated heterocycles. The first-order chi connectivity index (χ1) is 7.34. The molecule has 1 amide bonds. The number of piperidine rings is 1. The molecule has 94 valence electrons. The minimum absolute atomic E-state index is 0. The van der Waals surface area contributed by atoms with Crippen LogP contribution in [-0.2, 0) is 9.53 Å². The summed E-state index contributed by atoms with van der Waals surface area (Å²) in [6, 6.07) is 0.327. The number of hydrogen-bond donors (Lipinski definition) is 2. The predicted octanol–water partition coefficient (Wildman–Crippen LogP) is 0.845. The van der Waals surface area contributed by atoms with Gasteiger partial charge in [-0.25, -0.2) is 0 Å². The summed E-state index contributed by atoms with van der Waals surface area (Å²) >= 11 is 0. The van der Waals surface area contributed by atoms with Crippen molar-refractivity contribution in [1.29, 1.82) is 0 Å². The molecule has 0 radical (unpaired) electrons. The Morgan fingerprint density at radius 1 is 1.38 bits per heavy atom. The number of nitrogens with one attached hydrogen (secondary N) is 2. The molecule has 2 aliphatic heterocycles. The van der Waals surface area contributed by atoms with Gasteiger partial charge in [0.05, 0.1) is 12.5 Å². The summed E-state index contributed by atoms with van der Waals surface area (Å²) in [5.74, 6) is 0.149. The molecular formula is C11H21ClN2O2. The van der Waals surface area contributed by atoms with Gasteiger partial charge in [-0.3, -0.25) is 4.79 Å². The Kier molecular flexibility index (Phi) is 6.09. The lowest BCUT2D eigenvalue weighted by Crippen LogP contribution is -2.46. The predicted molar refractivity (Wildman–Crippen MR) is 64.9 cm³/mol. The summed E-state index contributed by atoms with van der Waals surface area (Å²) in [5, 5.41) is 6.35. The summed E-state index contributed by atoms with van der Waals surface area (Å²) in [7, 11) is 0. The van der Waals surface area contributed by atoms with E-state index in [2.05, 4.69) is 10.6 Å². The van der Waals surface area contributed by atoms with Gasteiger partial charge in [0.2, 0.25) is 5.91 Å². The van der Waals surface area contributed by atoms with Crippen LogP contribution in [0.2, 0.25) is 0 Å². The van der Waals surface area contributed by atoms with Gasteiger partial charge in [0.25, 0.3) is 0 Å². The second-order valence-corrected chi connectivity index (χ2v) is 4.45. The average molecular weight is 249 g/mol. The summed E-state index contributed by atoms with van der Waals surface area (Å²) in [4.78, 5) is 11.6. The fourth-order valence-electron chi connectivity index (χ4n) is 2.27. The van der Waals surface area contributed by atoms with Crippen molar-refractivity contribution in [3.8, 4) is 0 Å². The van der Waals surface area contributed by atoms with Crippen molar-refractivity contribution in [1.82, 2.24) is 10.6 Å². The molecule has 5 heteroatoms. The van der Waals surface area contributed by atoms with Crippen LogP contribution < -0.4 is 10.6 Å². The van der Waals surface area contributed by atoms with E-state index in [1.807, 2.05) is 0 Å². The SMILES string of the molecule is Cl.O=C(CC1CCCO1)N[C@H]1CCCNC1. The molecule has 0 aromatic heterocycles. The van der Waals surface area contributed by atoms with Crippen LogP contribution in [0, 0.1) is 0 Å². The zero-order chi connectivity index (χ0) is 10.5. The molecule has 0 aromatic carbocycles. The lowest BCUT2D eigenvalue weighted by Gasteiger charge is -2.24. The third-order valence-electron chi connectivity index (χ3n) is 3.10. The molecule has 4 nitrogen and oxygen atoms in total. The second kappa shape index (κ2) is 7.09. The van der Waals surface area contributed by atoms with Crippen molar-refractivity contribution in [3.05, 3.63) is 0 Å². The second-order valence-electron chi connectivity index (χ2n) is 4.45. The van der Waals surface area contributed by atoms with E-state index >= 15 is 0 Å². The third kappa shape index (κ3) is 4.28. The molecule has 2 aliphatic rings. The van der Waals surface area contributed by atoms with E-state index in [0.717, 1.165) is 45.4 Å². The van der Waals surface area contributed by atoms with Crippen LogP contribution in [0.25, 0.3) is 0 Å². The maximum Gasteiger partial charge on any atom is 0.222 e. The van der Waals surface area contributed by atoms with E-state index in [1.165, 1.54) is 0 Å². The van der Waals surface area contributed by atoms with Gasteiger partial charge < -0.3 is 15.4 Å². The Labute approximate surface area is 103 Å². The van der Waals surface area contributed by atoms with E-state index in [1.54, 1.807) is 0 Å². The Hall–Kier alpha value is -0.320. The molecule has 0 aliphatic carbocycles. The molecule has 2 rings (SSSR count). The van der Waals surface area contributed by atoms with Gasteiger partial charge in [-0.15, -0.1) is 12.4 Å². The van der Waals surface area contributed by atoms with E-state index in [0.29, 0.717) is 12.5 Å². The van der Waals surface area contributed by atoms with Crippen molar-refractivity contribution in [3.63, 3.8) is 0 Å². The summed E-state index contributed by atoms with van der Waals surface area (Å²) in [5.41, 5.74) is 0. The maximum atomic E-state index is 11.6. The first-order valence-corrected chi connectivity index (χ1v) is 5.96.